The molecule has 0 spiro atoms. The van der Waals surface area contributed by atoms with Gasteiger partial charge in [0.25, 0.3) is 0 Å². The van der Waals surface area contributed by atoms with Gasteiger partial charge in [-0.05, 0) is 96.5 Å². The van der Waals surface area contributed by atoms with Crippen LogP contribution in [-0.4, -0.2) is 16.9 Å². The van der Waals surface area contributed by atoms with Gasteiger partial charge in [-0.2, -0.15) is 0 Å². The second-order valence-electron chi connectivity index (χ2n) is 8.39. The van der Waals surface area contributed by atoms with Crippen molar-refractivity contribution in [1.29, 1.82) is 5.41 Å². The second kappa shape index (κ2) is 11.7. The van der Waals surface area contributed by atoms with Gasteiger partial charge in [0.15, 0.2) is 0 Å². The number of aryl methyl sites for hydroxylation is 1. The summed E-state index contributed by atoms with van der Waals surface area (Å²) in [5, 5.41) is 16.8. The number of anilines is 2. The van der Waals surface area contributed by atoms with E-state index in [1.54, 1.807) is 0 Å². The van der Waals surface area contributed by atoms with Crippen molar-refractivity contribution >= 4 is 35.1 Å². The summed E-state index contributed by atoms with van der Waals surface area (Å²) in [4.78, 5) is 0. The summed E-state index contributed by atoms with van der Waals surface area (Å²) in [6.45, 7) is 3.97. The molecule has 170 valence electrons. The lowest BCUT2D eigenvalue weighted by Crippen LogP contribution is -2.09. The number of benzene rings is 2. The SMILES string of the molecule is CC1=C/C(=C(/c2ccc(N)cc2)c2ccc(N)c(C)c2)C=CC1=N.Cl.OC1CCCCC1. The summed E-state index contributed by atoms with van der Waals surface area (Å²) in [6, 6.07) is 14.0. The highest BCUT2D eigenvalue weighted by Crippen LogP contribution is 2.32. The number of rotatable bonds is 2. The summed E-state index contributed by atoms with van der Waals surface area (Å²) in [7, 11) is 0. The van der Waals surface area contributed by atoms with E-state index >= 15 is 0 Å². The molecule has 2 aliphatic rings. The quantitative estimate of drug-likeness (QED) is 0.407. The van der Waals surface area contributed by atoms with Gasteiger partial charge in [0.2, 0.25) is 0 Å². The first kappa shape index (κ1) is 25.4. The van der Waals surface area contributed by atoms with Crippen molar-refractivity contribution in [2.24, 2.45) is 0 Å². The lowest BCUT2D eigenvalue weighted by molar-refractivity contribution is 0.130. The molecule has 32 heavy (non-hydrogen) atoms. The molecule has 0 bridgehead atoms. The van der Waals surface area contributed by atoms with Crippen LogP contribution in [0.5, 0.6) is 0 Å². The van der Waals surface area contributed by atoms with Gasteiger partial charge >= 0.3 is 0 Å². The molecule has 0 saturated heterocycles. The third-order valence-corrected chi connectivity index (χ3v) is 5.85. The third kappa shape index (κ3) is 6.59. The fourth-order valence-corrected chi connectivity index (χ4v) is 3.88. The van der Waals surface area contributed by atoms with Gasteiger partial charge in [0.1, 0.15) is 0 Å². The van der Waals surface area contributed by atoms with Crippen LogP contribution in [0.1, 0.15) is 55.7 Å². The molecule has 1 saturated carbocycles. The monoisotopic (exact) mass is 451 g/mol. The maximum absolute atomic E-state index is 8.91. The van der Waals surface area contributed by atoms with Gasteiger partial charge in [0.05, 0.1) is 11.8 Å². The molecular formula is C27H34ClN3O. The molecule has 1 fully saturated rings. The van der Waals surface area contributed by atoms with Gasteiger partial charge in [0, 0.05) is 11.4 Å². The smallest absolute Gasteiger partial charge is 0.0569 e. The Morgan fingerprint density at radius 2 is 1.53 bits per heavy atom. The molecule has 2 aromatic carbocycles. The molecule has 2 aliphatic carbocycles. The number of hydrogen-bond donors (Lipinski definition) is 4. The van der Waals surface area contributed by atoms with E-state index in [2.05, 4.69) is 12.1 Å². The number of aliphatic hydroxyl groups excluding tert-OH is 1. The van der Waals surface area contributed by atoms with Gasteiger partial charge < -0.3 is 22.0 Å². The minimum absolute atomic E-state index is 0. The molecule has 2 aromatic rings. The van der Waals surface area contributed by atoms with Crippen LogP contribution in [-0.2, 0) is 0 Å². The first-order valence-corrected chi connectivity index (χ1v) is 10.9. The fourth-order valence-electron chi connectivity index (χ4n) is 3.88. The third-order valence-electron chi connectivity index (χ3n) is 5.85. The molecule has 5 heteroatoms. The molecule has 0 atom stereocenters. The molecule has 4 nitrogen and oxygen atoms in total. The number of nitrogens with one attached hydrogen (secondary N) is 1. The Morgan fingerprint density at radius 1 is 0.906 bits per heavy atom. The van der Waals surface area contributed by atoms with E-state index < -0.39 is 0 Å². The number of hydrogen-bond acceptors (Lipinski definition) is 4. The lowest BCUT2D eigenvalue weighted by Gasteiger charge is -2.16. The minimum Gasteiger partial charge on any atom is -0.399 e. The van der Waals surface area contributed by atoms with Gasteiger partial charge in [-0.1, -0.05) is 43.5 Å². The summed E-state index contributed by atoms with van der Waals surface area (Å²) in [5.41, 5.74) is 20.3. The Bertz CT molecular complexity index is 1030. The molecule has 0 radical (unpaired) electrons. The standard InChI is InChI=1S/C21H21N3.C6H12O.ClH/c1-13-11-16(5-9-19(13)23)21(15-3-7-18(22)8-4-15)17-6-10-20(24)14(2)12-17;7-6-4-2-1-3-5-6;/h3-12,23H,22,24H2,1-2H3;6-7H,1-5H2;1H/b21-16-,23-19?;;. The molecule has 6 N–H and O–H groups in total. The number of allylic oxidation sites excluding steroid dienone is 5. The summed E-state index contributed by atoms with van der Waals surface area (Å²) in [5.74, 6) is 0. The molecule has 0 heterocycles. The van der Waals surface area contributed by atoms with E-state index in [1.165, 1.54) is 19.3 Å². The highest BCUT2D eigenvalue weighted by Gasteiger charge is 2.13. The van der Waals surface area contributed by atoms with Crippen LogP contribution in [0.15, 0.2) is 71.8 Å². The topological polar surface area (TPSA) is 96.1 Å². The largest absolute Gasteiger partial charge is 0.399 e. The lowest BCUT2D eigenvalue weighted by atomic mass is 9.88. The van der Waals surface area contributed by atoms with Crippen molar-refractivity contribution in [3.05, 3.63) is 88.5 Å². The van der Waals surface area contributed by atoms with E-state index in [0.717, 1.165) is 57.6 Å². The predicted molar refractivity (Wildman–Crippen MR) is 139 cm³/mol. The number of nitrogens with two attached hydrogens (primary N) is 2. The van der Waals surface area contributed by atoms with Gasteiger partial charge in [-0.15, -0.1) is 12.4 Å². The summed E-state index contributed by atoms with van der Waals surface area (Å²) >= 11 is 0. The Labute approximate surface area is 197 Å². The second-order valence-corrected chi connectivity index (χ2v) is 8.39. The first-order valence-electron chi connectivity index (χ1n) is 10.9. The van der Waals surface area contributed by atoms with E-state index in [4.69, 9.17) is 22.0 Å². The highest BCUT2D eigenvalue weighted by molar-refractivity contribution is 6.08. The number of aliphatic hydroxyl groups is 1. The fraction of sp³-hybridized carbons (Fsp3) is 0.296. The Balaban J connectivity index is 0.000000388. The zero-order valence-corrected chi connectivity index (χ0v) is 19.7. The van der Waals surface area contributed by atoms with Gasteiger partial charge in [-0.25, -0.2) is 0 Å². The molecule has 0 amide bonds. The van der Waals surface area contributed by atoms with Crippen molar-refractivity contribution < 1.29 is 5.11 Å². The van der Waals surface area contributed by atoms with Crippen LogP contribution in [0.4, 0.5) is 11.4 Å². The number of nitrogen functional groups attached to an aromatic ring is 2. The van der Waals surface area contributed by atoms with Crippen LogP contribution in [0, 0.1) is 12.3 Å². The predicted octanol–water partition coefficient (Wildman–Crippen LogP) is 6.23. The number of halogens is 1. The zero-order valence-electron chi connectivity index (χ0n) is 18.9. The van der Waals surface area contributed by atoms with Gasteiger partial charge in [-0.3, -0.25) is 0 Å². The van der Waals surface area contributed by atoms with Crippen LogP contribution in [0.3, 0.4) is 0 Å². The van der Waals surface area contributed by atoms with E-state index in [9.17, 15) is 0 Å². The van der Waals surface area contributed by atoms with Crippen molar-refractivity contribution in [3.63, 3.8) is 0 Å². The van der Waals surface area contributed by atoms with Crippen molar-refractivity contribution in [2.45, 2.75) is 52.1 Å². The molecule has 0 aromatic heterocycles. The average molecular weight is 452 g/mol. The van der Waals surface area contributed by atoms with Crippen LogP contribution >= 0.6 is 12.4 Å². The Hall–Kier alpha value is -2.82. The molecule has 0 unspecified atom stereocenters. The van der Waals surface area contributed by atoms with Crippen molar-refractivity contribution in [3.8, 4) is 0 Å². The van der Waals surface area contributed by atoms with Crippen molar-refractivity contribution in [2.75, 3.05) is 11.5 Å². The van der Waals surface area contributed by atoms with E-state index in [-0.39, 0.29) is 18.5 Å². The van der Waals surface area contributed by atoms with E-state index in [0.29, 0.717) is 5.71 Å². The van der Waals surface area contributed by atoms with Crippen LogP contribution < -0.4 is 11.5 Å². The van der Waals surface area contributed by atoms with Crippen LogP contribution in [0.25, 0.3) is 5.57 Å². The Kier molecular flexibility index (Phi) is 9.30. The minimum atomic E-state index is 0. The summed E-state index contributed by atoms with van der Waals surface area (Å²) in [6.07, 6.45) is 11.8. The zero-order chi connectivity index (χ0) is 22.4. The average Bonchev–Trinajstić information content (AvgIpc) is 2.76. The maximum atomic E-state index is 8.91. The highest BCUT2D eigenvalue weighted by atomic mass is 35.5. The van der Waals surface area contributed by atoms with Crippen LogP contribution in [0.2, 0.25) is 0 Å². The molecular weight excluding hydrogens is 418 g/mol. The molecule has 4 rings (SSSR count). The van der Waals surface area contributed by atoms with E-state index in [1.807, 2.05) is 62.4 Å². The summed E-state index contributed by atoms with van der Waals surface area (Å²) < 4.78 is 0. The maximum Gasteiger partial charge on any atom is 0.0569 e. The van der Waals surface area contributed by atoms with Crippen molar-refractivity contribution in [1.82, 2.24) is 0 Å². The first-order chi connectivity index (χ1) is 14.8. The normalized spacial score (nSPS) is 17.6. The Morgan fingerprint density at radius 3 is 2.06 bits per heavy atom. The molecule has 0 aliphatic heterocycles.